The van der Waals surface area contributed by atoms with E-state index in [4.69, 9.17) is 4.74 Å². The number of rotatable bonds is 5. The highest BCUT2D eigenvalue weighted by Crippen LogP contribution is 2.36. The van der Waals surface area contributed by atoms with Crippen molar-refractivity contribution in [1.82, 2.24) is 0 Å². The van der Waals surface area contributed by atoms with Crippen LogP contribution in [-0.4, -0.2) is 18.5 Å². The highest BCUT2D eigenvalue weighted by atomic mass is 16.5. The summed E-state index contributed by atoms with van der Waals surface area (Å²) in [7, 11) is 0. The average molecular weight is 232 g/mol. The molecule has 1 aromatic rings. The van der Waals surface area contributed by atoms with Crippen molar-refractivity contribution in [2.24, 2.45) is 0 Å². The normalized spacial score (nSPS) is 15.9. The fourth-order valence-corrected chi connectivity index (χ4v) is 2.03. The highest BCUT2D eigenvalue weighted by molar-refractivity contribution is 5.97. The summed E-state index contributed by atoms with van der Waals surface area (Å²) in [5.74, 6) is 0.758. The molecule has 92 valence electrons. The monoisotopic (exact) mass is 232 g/mol. The molecule has 0 aromatic heterocycles. The lowest BCUT2D eigenvalue weighted by Gasteiger charge is -2.26. The van der Waals surface area contributed by atoms with Crippen LogP contribution in [0, 0.1) is 0 Å². The van der Waals surface area contributed by atoms with E-state index in [1.807, 2.05) is 32.0 Å². The Hall–Kier alpha value is -1.15. The van der Waals surface area contributed by atoms with Crippen molar-refractivity contribution in [3.05, 3.63) is 35.4 Å². The van der Waals surface area contributed by atoms with Gasteiger partial charge >= 0.3 is 0 Å². The summed E-state index contributed by atoms with van der Waals surface area (Å²) in [6.45, 7) is 4.07. The zero-order chi connectivity index (χ0) is 12.3. The Morgan fingerprint density at radius 1 is 1.41 bits per heavy atom. The lowest BCUT2D eigenvalue weighted by Crippen LogP contribution is -2.14. The van der Waals surface area contributed by atoms with E-state index in [-0.39, 0.29) is 18.5 Å². The minimum absolute atomic E-state index is 0.0832. The second kappa shape index (κ2) is 5.46. The van der Waals surface area contributed by atoms with Crippen molar-refractivity contribution in [2.75, 3.05) is 6.61 Å². The Labute approximate surface area is 103 Å². The fraction of sp³-hybridized carbons (Fsp3) is 0.533. The molecule has 0 heterocycles. The lowest BCUT2D eigenvalue weighted by atomic mass is 9.79. The third-order valence-electron chi connectivity index (χ3n) is 3.33. The van der Waals surface area contributed by atoms with Crippen LogP contribution in [0.25, 0.3) is 0 Å². The average Bonchev–Trinajstić information content (AvgIpc) is 2.24. The van der Waals surface area contributed by atoms with Crippen LogP contribution in [0.15, 0.2) is 24.3 Å². The Kier molecular flexibility index (Phi) is 3.95. The summed E-state index contributed by atoms with van der Waals surface area (Å²) < 4.78 is 5.35. The van der Waals surface area contributed by atoms with Crippen LogP contribution in [0.2, 0.25) is 0 Å². The van der Waals surface area contributed by atoms with E-state index >= 15 is 0 Å². The SMILES string of the molecule is CC(C)OCC(=O)c1cccc(C2CCC2)c1. The summed E-state index contributed by atoms with van der Waals surface area (Å²) in [5.41, 5.74) is 2.10. The van der Waals surface area contributed by atoms with Gasteiger partial charge in [-0.25, -0.2) is 0 Å². The molecule has 1 fully saturated rings. The molecule has 1 saturated carbocycles. The van der Waals surface area contributed by atoms with Gasteiger partial charge in [0.2, 0.25) is 0 Å². The molecule has 2 nitrogen and oxygen atoms in total. The van der Waals surface area contributed by atoms with E-state index in [1.54, 1.807) is 0 Å². The van der Waals surface area contributed by atoms with Gasteiger partial charge in [-0.05, 0) is 44.2 Å². The zero-order valence-corrected chi connectivity index (χ0v) is 10.6. The first-order valence-electron chi connectivity index (χ1n) is 6.41. The van der Waals surface area contributed by atoms with E-state index in [2.05, 4.69) is 6.07 Å². The first-order valence-corrected chi connectivity index (χ1v) is 6.41. The molecule has 0 unspecified atom stereocenters. The molecule has 0 radical (unpaired) electrons. The van der Waals surface area contributed by atoms with E-state index < -0.39 is 0 Å². The predicted octanol–water partition coefficient (Wildman–Crippen LogP) is 3.56. The van der Waals surface area contributed by atoms with Crippen LogP contribution in [-0.2, 0) is 4.74 Å². The maximum absolute atomic E-state index is 11.9. The second-order valence-electron chi connectivity index (χ2n) is 5.04. The molecule has 1 aliphatic carbocycles. The summed E-state index contributed by atoms with van der Waals surface area (Å²) in [5, 5.41) is 0. The number of ketones is 1. The van der Waals surface area contributed by atoms with E-state index in [0.717, 1.165) is 5.56 Å². The van der Waals surface area contributed by atoms with Gasteiger partial charge in [-0.3, -0.25) is 4.79 Å². The lowest BCUT2D eigenvalue weighted by molar-refractivity contribution is 0.0584. The van der Waals surface area contributed by atoms with Gasteiger partial charge in [0.1, 0.15) is 6.61 Å². The van der Waals surface area contributed by atoms with Crippen LogP contribution in [0.5, 0.6) is 0 Å². The molecule has 2 heteroatoms. The highest BCUT2D eigenvalue weighted by Gasteiger charge is 2.20. The van der Waals surface area contributed by atoms with E-state index in [0.29, 0.717) is 5.92 Å². The molecule has 0 bridgehead atoms. The minimum Gasteiger partial charge on any atom is -0.371 e. The minimum atomic E-state index is 0.0832. The van der Waals surface area contributed by atoms with E-state index in [1.165, 1.54) is 24.8 Å². The molecule has 17 heavy (non-hydrogen) atoms. The van der Waals surface area contributed by atoms with Crippen molar-refractivity contribution >= 4 is 5.78 Å². The molecule has 0 spiro atoms. The summed E-state index contributed by atoms with van der Waals surface area (Å²) in [6.07, 6.45) is 3.95. The summed E-state index contributed by atoms with van der Waals surface area (Å²) in [4.78, 5) is 11.9. The number of Topliss-reactive ketones (excluding diaryl/α,β-unsaturated/α-hetero) is 1. The van der Waals surface area contributed by atoms with Crippen molar-refractivity contribution < 1.29 is 9.53 Å². The maximum Gasteiger partial charge on any atom is 0.188 e. The van der Waals surface area contributed by atoms with Gasteiger partial charge in [0, 0.05) is 5.56 Å². The number of ether oxygens (including phenoxy) is 1. The molecule has 0 aliphatic heterocycles. The molecule has 0 N–H and O–H groups in total. The maximum atomic E-state index is 11.9. The topological polar surface area (TPSA) is 26.3 Å². The van der Waals surface area contributed by atoms with Crippen LogP contribution in [0.4, 0.5) is 0 Å². The Morgan fingerprint density at radius 3 is 2.76 bits per heavy atom. The van der Waals surface area contributed by atoms with Crippen LogP contribution in [0.1, 0.15) is 54.9 Å². The van der Waals surface area contributed by atoms with Gasteiger partial charge in [0.05, 0.1) is 6.10 Å². The van der Waals surface area contributed by atoms with Gasteiger partial charge in [0.15, 0.2) is 5.78 Å². The van der Waals surface area contributed by atoms with E-state index in [9.17, 15) is 4.79 Å². The van der Waals surface area contributed by atoms with Crippen molar-refractivity contribution in [3.8, 4) is 0 Å². The third-order valence-corrected chi connectivity index (χ3v) is 3.33. The standard InChI is InChI=1S/C15H20O2/c1-11(2)17-10-15(16)14-8-4-7-13(9-14)12-5-3-6-12/h4,7-9,11-12H,3,5-6,10H2,1-2H3. The third kappa shape index (κ3) is 3.16. The fourth-order valence-electron chi connectivity index (χ4n) is 2.03. The number of benzene rings is 1. The van der Waals surface area contributed by atoms with Gasteiger partial charge in [-0.1, -0.05) is 24.6 Å². The zero-order valence-electron chi connectivity index (χ0n) is 10.6. The molecule has 2 rings (SSSR count). The number of carbonyl (C=O) groups is 1. The predicted molar refractivity (Wildman–Crippen MR) is 68.5 cm³/mol. The molecule has 0 amide bonds. The number of carbonyl (C=O) groups excluding carboxylic acids is 1. The van der Waals surface area contributed by atoms with Gasteiger partial charge in [-0.2, -0.15) is 0 Å². The van der Waals surface area contributed by atoms with Gasteiger partial charge < -0.3 is 4.74 Å². The molecule has 0 atom stereocenters. The Bertz CT molecular complexity index is 392. The quantitative estimate of drug-likeness (QED) is 0.725. The Balaban J connectivity index is 2.02. The summed E-state index contributed by atoms with van der Waals surface area (Å²) in [6, 6.07) is 8.03. The first-order chi connectivity index (χ1) is 8.16. The molecular weight excluding hydrogens is 212 g/mol. The first kappa shape index (κ1) is 12.3. The van der Waals surface area contributed by atoms with Crippen LogP contribution < -0.4 is 0 Å². The second-order valence-corrected chi connectivity index (χ2v) is 5.04. The summed E-state index contributed by atoms with van der Waals surface area (Å²) >= 11 is 0. The van der Waals surface area contributed by atoms with Crippen LogP contribution in [0.3, 0.4) is 0 Å². The molecule has 1 aliphatic rings. The number of hydrogen-bond donors (Lipinski definition) is 0. The Morgan fingerprint density at radius 2 is 2.18 bits per heavy atom. The number of hydrogen-bond acceptors (Lipinski definition) is 2. The van der Waals surface area contributed by atoms with Gasteiger partial charge in [0.25, 0.3) is 0 Å². The van der Waals surface area contributed by atoms with Gasteiger partial charge in [-0.15, -0.1) is 0 Å². The molecular formula is C15H20O2. The van der Waals surface area contributed by atoms with Crippen molar-refractivity contribution in [3.63, 3.8) is 0 Å². The molecule has 0 saturated heterocycles. The smallest absolute Gasteiger partial charge is 0.188 e. The largest absolute Gasteiger partial charge is 0.371 e. The van der Waals surface area contributed by atoms with Crippen LogP contribution >= 0.6 is 0 Å². The van der Waals surface area contributed by atoms with Crippen molar-refractivity contribution in [1.29, 1.82) is 0 Å². The van der Waals surface area contributed by atoms with Crippen molar-refractivity contribution in [2.45, 2.75) is 45.1 Å². The molecule has 1 aromatic carbocycles.